The molecule has 4 rings (SSSR count). The third-order valence-electron chi connectivity index (χ3n) is 4.94. The van der Waals surface area contributed by atoms with Crippen LogP contribution in [0.2, 0.25) is 0 Å². The van der Waals surface area contributed by atoms with Crippen molar-refractivity contribution >= 4 is 28.3 Å². The first-order valence-electron chi connectivity index (χ1n) is 9.21. The van der Waals surface area contributed by atoms with Gasteiger partial charge in [0.05, 0.1) is 18.4 Å². The molecule has 1 amide bonds. The number of aromatic nitrogens is 1. The number of rotatable bonds is 4. The van der Waals surface area contributed by atoms with Gasteiger partial charge in [0.1, 0.15) is 0 Å². The molecule has 0 saturated heterocycles. The Hall–Kier alpha value is -2.99. The predicted octanol–water partition coefficient (Wildman–Crippen LogP) is 4.73. The molecule has 1 aliphatic rings. The molecule has 1 aliphatic carbocycles. The molecule has 0 unspecified atom stereocenters. The quantitative estimate of drug-likeness (QED) is 0.652. The number of ether oxygens (including phenoxy) is 1. The number of carbonyl (C=O) groups excluding carboxylic acids is 2. The largest absolute Gasteiger partial charge is 0.465 e. The van der Waals surface area contributed by atoms with E-state index < -0.39 is 0 Å². The van der Waals surface area contributed by atoms with Crippen molar-refractivity contribution in [2.45, 2.75) is 25.7 Å². The Kier molecular flexibility index (Phi) is 5.21. The zero-order valence-corrected chi connectivity index (χ0v) is 16.3. The van der Waals surface area contributed by atoms with Gasteiger partial charge in [0.2, 0.25) is 0 Å². The Morgan fingerprint density at radius 3 is 2.46 bits per heavy atom. The van der Waals surface area contributed by atoms with Gasteiger partial charge in [0.25, 0.3) is 5.91 Å². The zero-order chi connectivity index (χ0) is 19.5. The van der Waals surface area contributed by atoms with Crippen LogP contribution in [0.15, 0.2) is 47.8 Å². The maximum atomic E-state index is 12.6. The number of nitrogens with one attached hydrogen (secondary N) is 1. The second kappa shape index (κ2) is 7.94. The molecule has 142 valence electrons. The number of hydrogen-bond acceptors (Lipinski definition) is 5. The summed E-state index contributed by atoms with van der Waals surface area (Å²) in [5.41, 5.74) is 5.42. The van der Waals surface area contributed by atoms with Gasteiger partial charge in [-0.1, -0.05) is 18.2 Å². The van der Waals surface area contributed by atoms with Crippen LogP contribution in [0.25, 0.3) is 11.3 Å². The van der Waals surface area contributed by atoms with E-state index in [0.29, 0.717) is 16.3 Å². The van der Waals surface area contributed by atoms with Crippen molar-refractivity contribution in [3.63, 3.8) is 0 Å². The van der Waals surface area contributed by atoms with E-state index in [2.05, 4.69) is 16.4 Å². The van der Waals surface area contributed by atoms with Crippen molar-refractivity contribution in [2.75, 3.05) is 12.4 Å². The molecule has 0 bridgehead atoms. The first-order valence-corrected chi connectivity index (χ1v) is 10.1. The van der Waals surface area contributed by atoms with Crippen molar-refractivity contribution in [1.29, 1.82) is 0 Å². The molecule has 0 aliphatic heterocycles. The zero-order valence-electron chi connectivity index (χ0n) is 15.5. The molecule has 3 aromatic rings. The number of nitrogens with zero attached hydrogens (tertiary/aromatic N) is 1. The lowest BCUT2D eigenvalue weighted by atomic mass is 9.90. The van der Waals surface area contributed by atoms with Crippen molar-refractivity contribution in [2.24, 2.45) is 0 Å². The maximum Gasteiger partial charge on any atom is 0.337 e. The van der Waals surface area contributed by atoms with Gasteiger partial charge in [0, 0.05) is 16.5 Å². The summed E-state index contributed by atoms with van der Waals surface area (Å²) in [6.45, 7) is 0. The summed E-state index contributed by atoms with van der Waals surface area (Å²) in [6.07, 6.45) is 4.55. The van der Waals surface area contributed by atoms with Gasteiger partial charge in [-0.05, 0) is 61.1 Å². The van der Waals surface area contributed by atoms with E-state index in [9.17, 15) is 9.59 Å². The second-order valence-electron chi connectivity index (χ2n) is 6.75. The van der Waals surface area contributed by atoms with Gasteiger partial charge in [-0.3, -0.25) is 10.1 Å². The standard InChI is InChI=1S/C22H20N2O3S/c1-27-21(26)16-9-7-15(8-10-16)19-13-28-22(23-19)24-20(25)18-11-6-14-4-2-3-5-17(14)12-18/h6-13H,2-5H2,1H3,(H,23,24,25). The molecule has 0 spiro atoms. The molecule has 28 heavy (non-hydrogen) atoms. The fourth-order valence-corrected chi connectivity index (χ4v) is 4.12. The first-order chi connectivity index (χ1) is 13.6. The predicted molar refractivity (Wildman–Crippen MR) is 110 cm³/mol. The van der Waals surface area contributed by atoms with Gasteiger partial charge in [-0.15, -0.1) is 11.3 Å². The topological polar surface area (TPSA) is 68.3 Å². The van der Waals surface area contributed by atoms with Crippen LogP contribution in [-0.2, 0) is 17.6 Å². The summed E-state index contributed by atoms with van der Waals surface area (Å²) in [6, 6.07) is 13.0. The van der Waals surface area contributed by atoms with Crippen LogP contribution in [0.1, 0.15) is 44.7 Å². The van der Waals surface area contributed by atoms with E-state index in [1.807, 2.05) is 29.6 Å². The molecule has 6 heteroatoms. The minimum Gasteiger partial charge on any atom is -0.465 e. The number of anilines is 1. The van der Waals surface area contributed by atoms with E-state index in [1.54, 1.807) is 12.1 Å². The third-order valence-corrected chi connectivity index (χ3v) is 5.69. The number of carbonyl (C=O) groups is 2. The van der Waals surface area contributed by atoms with Gasteiger partial charge in [-0.25, -0.2) is 9.78 Å². The van der Waals surface area contributed by atoms with Crippen molar-refractivity contribution in [3.05, 3.63) is 70.1 Å². The van der Waals surface area contributed by atoms with E-state index in [1.165, 1.54) is 42.4 Å². The SMILES string of the molecule is COC(=O)c1ccc(-c2csc(NC(=O)c3ccc4c(c3)CCCC4)n2)cc1. The molecule has 0 fully saturated rings. The molecule has 1 aromatic heterocycles. The number of hydrogen-bond donors (Lipinski definition) is 1. The van der Waals surface area contributed by atoms with E-state index in [-0.39, 0.29) is 11.9 Å². The second-order valence-corrected chi connectivity index (χ2v) is 7.61. The van der Waals surface area contributed by atoms with Crippen molar-refractivity contribution in [1.82, 2.24) is 4.98 Å². The van der Waals surface area contributed by atoms with E-state index >= 15 is 0 Å². The van der Waals surface area contributed by atoms with Crippen LogP contribution in [-0.4, -0.2) is 24.0 Å². The van der Waals surface area contributed by atoms with Gasteiger partial charge < -0.3 is 4.74 Å². The van der Waals surface area contributed by atoms with Gasteiger partial charge in [-0.2, -0.15) is 0 Å². The molecule has 0 atom stereocenters. The lowest BCUT2D eigenvalue weighted by Crippen LogP contribution is -2.13. The Bertz CT molecular complexity index is 1020. The normalized spacial score (nSPS) is 12.9. The first kappa shape index (κ1) is 18.4. The average molecular weight is 392 g/mol. The summed E-state index contributed by atoms with van der Waals surface area (Å²) in [5.74, 6) is -0.516. The summed E-state index contributed by atoms with van der Waals surface area (Å²) < 4.78 is 4.71. The fraction of sp³-hybridized carbons (Fsp3) is 0.227. The summed E-state index contributed by atoms with van der Waals surface area (Å²) in [7, 11) is 1.36. The number of esters is 1. The number of methoxy groups -OCH3 is 1. The number of thiazole rings is 1. The summed E-state index contributed by atoms with van der Waals surface area (Å²) >= 11 is 1.38. The van der Waals surface area contributed by atoms with Crippen LogP contribution in [0.3, 0.4) is 0 Å². The molecule has 1 heterocycles. The van der Waals surface area contributed by atoms with E-state index in [0.717, 1.165) is 24.1 Å². The molecule has 2 aromatic carbocycles. The molecule has 0 radical (unpaired) electrons. The fourth-order valence-electron chi connectivity index (χ4n) is 3.40. The molecular formula is C22H20N2O3S. The monoisotopic (exact) mass is 392 g/mol. The van der Waals surface area contributed by atoms with Crippen molar-refractivity contribution in [3.8, 4) is 11.3 Å². The third kappa shape index (κ3) is 3.82. The Labute approximate surface area is 167 Å². The Morgan fingerprint density at radius 1 is 1.00 bits per heavy atom. The lowest BCUT2D eigenvalue weighted by molar-refractivity contribution is 0.0600. The highest BCUT2D eigenvalue weighted by Gasteiger charge is 2.14. The number of amides is 1. The van der Waals surface area contributed by atoms with Crippen LogP contribution in [0.5, 0.6) is 0 Å². The minimum absolute atomic E-state index is 0.143. The van der Waals surface area contributed by atoms with Crippen LogP contribution >= 0.6 is 11.3 Å². The van der Waals surface area contributed by atoms with Crippen LogP contribution in [0.4, 0.5) is 5.13 Å². The highest BCUT2D eigenvalue weighted by atomic mass is 32.1. The average Bonchev–Trinajstić information content (AvgIpc) is 3.21. The smallest absolute Gasteiger partial charge is 0.337 e. The van der Waals surface area contributed by atoms with Gasteiger partial charge in [0.15, 0.2) is 5.13 Å². The maximum absolute atomic E-state index is 12.6. The van der Waals surface area contributed by atoms with Crippen molar-refractivity contribution < 1.29 is 14.3 Å². The number of fused-ring (bicyclic) bond motifs is 1. The summed E-state index contributed by atoms with van der Waals surface area (Å²) in [4.78, 5) is 28.6. The molecule has 0 saturated carbocycles. The minimum atomic E-state index is -0.372. The Morgan fingerprint density at radius 2 is 1.71 bits per heavy atom. The number of aryl methyl sites for hydroxylation is 2. The van der Waals surface area contributed by atoms with E-state index in [4.69, 9.17) is 4.74 Å². The highest BCUT2D eigenvalue weighted by Crippen LogP contribution is 2.26. The molecule has 5 nitrogen and oxygen atoms in total. The van der Waals surface area contributed by atoms with Gasteiger partial charge >= 0.3 is 5.97 Å². The number of benzene rings is 2. The molecular weight excluding hydrogens is 372 g/mol. The summed E-state index contributed by atoms with van der Waals surface area (Å²) in [5, 5.41) is 5.32. The van der Waals surface area contributed by atoms with Crippen LogP contribution in [0, 0.1) is 0 Å². The Balaban J connectivity index is 1.47. The molecule has 1 N–H and O–H groups in total. The highest BCUT2D eigenvalue weighted by molar-refractivity contribution is 7.14. The lowest BCUT2D eigenvalue weighted by Gasteiger charge is -2.16. The van der Waals surface area contributed by atoms with Crippen LogP contribution < -0.4 is 5.32 Å².